The van der Waals surface area contributed by atoms with Gasteiger partial charge in [0.05, 0.1) is 16.6 Å². The van der Waals surface area contributed by atoms with Crippen LogP contribution in [-0.4, -0.2) is 23.9 Å². The molecule has 0 unspecified atom stereocenters. The van der Waals surface area contributed by atoms with Gasteiger partial charge in [0.15, 0.2) is 17.5 Å². The van der Waals surface area contributed by atoms with Crippen LogP contribution < -0.4 is 0 Å². The summed E-state index contributed by atoms with van der Waals surface area (Å²) >= 11 is 0. The Hall–Kier alpha value is -7.37. The minimum absolute atomic E-state index is 0.620. The third-order valence-electron chi connectivity index (χ3n) is 10.5. The molecule has 0 aliphatic carbocycles. The number of hydrogen-bond acceptors (Lipinski definition) is 3. The largest absolute Gasteiger partial charge is 0.293 e. The molecule has 0 amide bonds. The summed E-state index contributed by atoms with van der Waals surface area (Å²) in [6.45, 7) is 0. The van der Waals surface area contributed by atoms with Crippen LogP contribution in [0.3, 0.4) is 0 Å². The first-order valence-electron chi connectivity index (χ1n) is 18.2. The highest BCUT2D eigenvalue weighted by Gasteiger charge is 2.22. The minimum Gasteiger partial charge on any atom is -0.293 e. The Morgan fingerprint density at radius 1 is 0.333 bits per heavy atom. The lowest BCUT2D eigenvalue weighted by atomic mass is 10.0. The van der Waals surface area contributed by atoms with Crippen LogP contribution in [0.5, 0.6) is 0 Å². The second kappa shape index (κ2) is 12.1. The number of rotatable bonds is 5. The first kappa shape index (κ1) is 30.3. The maximum Gasteiger partial charge on any atom is 0.164 e. The lowest BCUT2D eigenvalue weighted by Crippen LogP contribution is -2.01. The fourth-order valence-electron chi connectivity index (χ4n) is 7.99. The van der Waals surface area contributed by atoms with Crippen molar-refractivity contribution in [2.24, 2.45) is 0 Å². The molecule has 54 heavy (non-hydrogen) atoms. The highest BCUT2D eigenvalue weighted by atomic mass is 15.1. The van der Waals surface area contributed by atoms with Crippen molar-refractivity contribution in [2.75, 3.05) is 0 Å². The zero-order chi connectivity index (χ0) is 35.6. The van der Waals surface area contributed by atoms with Gasteiger partial charge in [0.1, 0.15) is 5.65 Å². The van der Waals surface area contributed by atoms with E-state index >= 15 is 0 Å². The third kappa shape index (κ3) is 4.83. The van der Waals surface area contributed by atoms with E-state index in [-0.39, 0.29) is 0 Å². The summed E-state index contributed by atoms with van der Waals surface area (Å²) in [6, 6.07) is 66.2. The van der Waals surface area contributed by atoms with E-state index in [1.807, 2.05) is 0 Å². The molecular weight excluding hydrogens is 659 g/mol. The zero-order valence-electron chi connectivity index (χ0n) is 29.1. The average Bonchev–Trinajstić information content (AvgIpc) is 3.76. The fraction of sp³-hybridized carbons (Fsp3) is 0. The van der Waals surface area contributed by atoms with Crippen molar-refractivity contribution in [3.8, 4) is 51.0 Å². The number of fused-ring (bicyclic) bond motifs is 7. The summed E-state index contributed by atoms with van der Waals surface area (Å²) < 4.78 is 4.79. The molecule has 11 rings (SSSR count). The first-order chi connectivity index (χ1) is 26.8. The van der Waals surface area contributed by atoms with Crippen molar-refractivity contribution in [1.29, 1.82) is 0 Å². The predicted octanol–water partition coefficient (Wildman–Crippen LogP) is 12.2. The Kier molecular flexibility index (Phi) is 6.79. The second-order valence-electron chi connectivity index (χ2n) is 13.7. The van der Waals surface area contributed by atoms with Gasteiger partial charge in [-0.15, -0.1) is 0 Å². The Labute approximate surface area is 311 Å². The van der Waals surface area contributed by atoms with Crippen LogP contribution in [0.25, 0.3) is 100 Å². The van der Waals surface area contributed by atoms with Crippen LogP contribution in [0.4, 0.5) is 0 Å². The molecule has 0 saturated heterocycles. The van der Waals surface area contributed by atoms with E-state index in [0.29, 0.717) is 17.5 Å². The van der Waals surface area contributed by atoms with Gasteiger partial charge in [-0.2, -0.15) is 0 Å². The number of benzene rings is 8. The van der Waals surface area contributed by atoms with Crippen molar-refractivity contribution in [3.05, 3.63) is 188 Å². The summed E-state index contributed by atoms with van der Waals surface area (Å²) in [5, 5.41) is 5.85. The lowest BCUT2D eigenvalue weighted by Gasteiger charge is -2.12. The smallest absolute Gasteiger partial charge is 0.164 e. The number of imidazole rings is 1. The summed E-state index contributed by atoms with van der Waals surface area (Å²) in [5.41, 5.74) is 10.8. The minimum atomic E-state index is 0.620. The van der Waals surface area contributed by atoms with E-state index in [4.69, 9.17) is 15.0 Å². The van der Waals surface area contributed by atoms with Gasteiger partial charge in [0, 0.05) is 33.3 Å². The van der Waals surface area contributed by atoms with Crippen LogP contribution in [-0.2, 0) is 0 Å². The van der Waals surface area contributed by atoms with Crippen molar-refractivity contribution in [3.63, 3.8) is 0 Å². The maximum atomic E-state index is 5.18. The Balaban J connectivity index is 1.15. The number of nitrogens with zero attached hydrogens (tertiary/aromatic N) is 5. The molecule has 11 aromatic rings. The van der Waals surface area contributed by atoms with Gasteiger partial charge < -0.3 is 0 Å². The molecule has 252 valence electrons. The monoisotopic (exact) mass is 689 g/mol. The molecule has 0 N–H and O–H groups in total. The molecule has 0 radical (unpaired) electrons. The van der Waals surface area contributed by atoms with E-state index in [9.17, 15) is 0 Å². The molecule has 0 aliphatic heterocycles. The highest BCUT2D eigenvalue weighted by molar-refractivity contribution is 6.09. The van der Waals surface area contributed by atoms with Crippen LogP contribution in [0, 0.1) is 0 Å². The van der Waals surface area contributed by atoms with E-state index < -0.39 is 0 Å². The predicted molar refractivity (Wildman–Crippen MR) is 222 cm³/mol. The van der Waals surface area contributed by atoms with E-state index in [0.717, 1.165) is 49.8 Å². The van der Waals surface area contributed by atoms with Gasteiger partial charge in [-0.05, 0) is 69.6 Å². The molecule has 0 saturated carbocycles. The molecular formula is C49H31N5. The quantitative estimate of drug-likeness (QED) is 0.181. The summed E-state index contributed by atoms with van der Waals surface area (Å²) in [4.78, 5) is 15.5. The average molecular weight is 690 g/mol. The van der Waals surface area contributed by atoms with E-state index in [1.165, 1.54) is 32.8 Å². The molecule has 0 bridgehead atoms. The molecule has 0 aliphatic rings. The van der Waals surface area contributed by atoms with Crippen molar-refractivity contribution in [1.82, 2.24) is 23.9 Å². The van der Waals surface area contributed by atoms with E-state index in [1.54, 1.807) is 0 Å². The molecule has 0 spiro atoms. The fourth-order valence-corrected chi connectivity index (χ4v) is 7.99. The van der Waals surface area contributed by atoms with Gasteiger partial charge in [-0.25, -0.2) is 15.0 Å². The van der Waals surface area contributed by atoms with Gasteiger partial charge >= 0.3 is 0 Å². The zero-order valence-corrected chi connectivity index (χ0v) is 29.1. The van der Waals surface area contributed by atoms with Crippen LogP contribution in [0.1, 0.15) is 0 Å². The Morgan fingerprint density at radius 3 is 1.48 bits per heavy atom. The standard InChI is InChI=1S/C49H31N5/c1-2-15-34(16-3-1)45-41-21-8-9-22-42(41)54-44-24-11-10-23-43(44)53(49(45)54)40-20-12-19-37(31-40)46-50-47(38-27-25-32-13-4-6-17-35(32)29-38)52-48(51-46)39-28-26-33-14-5-7-18-36(33)30-39/h1-31H. The second-order valence-corrected chi connectivity index (χ2v) is 13.7. The van der Waals surface area contributed by atoms with Crippen LogP contribution >= 0.6 is 0 Å². The molecule has 0 fully saturated rings. The van der Waals surface area contributed by atoms with Crippen molar-refractivity contribution >= 4 is 49.1 Å². The number of para-hydroxylation sites is 3. The summed E-state index contributed by atoms with van der Waals surface area (Å²) in [6.07, 6.45) is 0. The normalized spacial score (nSPS) is 11.7. The van der Waals surface area contributed by atoms with Gasteiger partial charge in [0.2, 0.25) is 0 Å². The third-order valence-corrected chi connectivity index (χ3v) is 10.5. The molecule has 5 heteroatoms. The highest BCUT2D eigenvalue weighted by Crippen LogP contribution is 2.41. The molecule has 8 aromatic carbocycles. The summed E-state index contributed by atoms with van der Waals surface area (Å²) in [5.74, 6) is 1.89. The van der Waals surface area contributed by atoms with Crippen LogP contribution in [0.15, 0.2) is 188 Å². The van der Waals surface area contributed by atoms with Gasteiger partial charge in [-0.1, -0.05) is 146 Å². The van der Waals surface area contributed by atoms with Crippen LogP contribution in [0.2, 0.25) is 0 Å². The summed E-state index contributed by atoms with van der Waals surface area (Å²) in [7, 11) is 0. The Morgan fingerprint density at radius 2 is 0.833 bits per heavy atom. The Bertz CT molecular complexity index is 3130. The lowest BCUT2D eigenvalue weighted by molar-refractivity contribution is 1.07. The number of hydrogen-bond donors (Lipinski definition) is 0. The number of aromatic nitrogens is 5. The van der Waals surface area contributed by atoms with E-state index in [2.05, 4.69) is 197 Å². The topological polar surface area (TPSA) is 48.0 Å². The molecule has 5 nitrogen and oxygen atoms in total. The maximum absolute atomic E-state index is 5.18. The van der Waals surface area contributed by atoms with Gasteiger partial charge in [-0.3, -0.25) is 8.97 Å². The molecule has 3 heterocycles. The van der Waals surface area contributed by atoms with Gasteiger partial charge in [0.25, 0.3) is 0 Å². The van der Waals surface area contributed by atoms with Crippen molar-refractivity contribution < 1.29 is 0 Å². The SMILES string of the molecule is c1ccc(-c2c3ccccc3n3c4ccccc4n(-c4cccc(-c5nc(-c6ccc7ccccc7c6)nc(-c6ccc7ccccc7c6)n5)c4)c23)cc1. The molecule has 3 aromatic heterocycles. The first-order valence-corrected chi connectivity index (χ1v) is 18.2. The molecule has 0 atom stereocenters. The van der Waals surface area contributed by atoms with Crippen molar-refractivity contribution in [2.45, 2.75) is 0 Å².